The van der Waals surface area contributed by atoms with Gasteiger partial charge in [0.1, 0.15) is 5.60 Å². The molecule has 1 aliphatic carbocycles. The topological polar surface area (TPSA) is 38.7 Å². The zero-order valence-corrected chi connectivity index (χ0v) is 11.7. The lowest BCUT2D eigenvalue weighted by atomic mass is 9.72. The van der Waals surface area contributed by atoms with Gasteiger partial charge in [0.25, 0.3) is 0 Å². The third-order valence-corrected chi connectivity index (χ3v) is 4.73. The molecule has 2 aliphatic rings. The van der Waals surface area contributed by atoms with Gasteiger partial charge in [0.15, 0.2) is 11.5 Å². The predicted molar refractivity (Wildman–Crippen MR) is 73.6 cm³/mol. The maximum absolute atomic E-state index is 9.35. The van der Waals surface area contributed by atoms with Crippen LogP contribution < -0.4 is 9.47 Å². The van der Waals surface area contributed by atoms with E-state index in [9.17, 15) is 5.11 Å². The molecule has 0 saturated heterocycles. The van der Waals surface area contributed by atoms with E-state index in [0.717, 1.165) is 29.9 Å². The quantitative estimate of drug-likeness (QED) is 0.890. The summed E-state index contributed by atoms with van der Waals surface area (Å²) in [7, 11) is 1.66. The van der Waals surface area contributed by atoms with Crippen molar-refractivity contribution >= 4 is 0 Å². The van der Waals surface area contributed by atoms with Gasteiger partial charge in [-0.05, 0) is 55.9 Å². The molecule has 3 rings (SSSR count). The summed E-state index contributed by atoms with van der Waals surface area (Å²) in [6.45, 7) is 2.28. The molecule has 104 valence electrons. The number of fused-ring (bicyclic) bond motifs is 2. The number of benzene rings is 1. The first-order valence-corrected chi connectivity index (χ1v) is 7.16. The minimum atomic E-state index is -0.0424. The lowest BCUT2D eigenvalue weighted by Crippen LogP contribution is -2.47. The second-order valence-electron chi connectivity index (χ2n) is 6.01. The van der Waals surface area contributed by atoms with E-state index in [1.165, 1.54) is 24.8 Å². The van der Waals surface area contributed by atoms with Crippen molar-refractivity contribution in [1.82, 2.24) is 0 Å². The van der Waals surface area contributed by atoms with E-state index in [4.69, 9.17) is 9.47 Å². The average Bonchev–Trinajstić information content (AvgIpc) is 2.43. The minimum Gasteiger partial charge on any atom is -0.493 e. The van der Waals surface area contributed by atoms with Crippen LogP contribution in [0.1, 0.15) is 43.7 Å². The van der Waals surface area contributed by atoms with E-state index in [2.05, 4.69) is 13.0 Å². The first-order chi connectivity index (χ1) is 9.16. The van der Waals surface area contributed by atoms with Gasteiger partial charge < -0.3 is 14.6 Å². The van der Waals surface area contributed by atoms with Crippen molar-refractivity contribution in [2.75, 3.05) is 7.11 Å². The summed E-state index contributed by atoms with van der Waals surface area (Å²) >= 11 is 0. The number of methoxy groups -OCH3 is 1. The summed E-state index contributed by atoms with van der Waals surface area (Å²) in [5, 5.41) is 9.35. The van der Waals surface area contributed by atoms with Crippen molar-refractivity contribution in [2.24, 2.45) is 5.92 Å². The Bertz CT molecular complexity index is 483. The second kappa shape index (κ2) is 4.71. The van der Waals surface area contributed by atoms with E-state index in [-0.39, 0.29) is 12.2 Å². The normalized spacial score (nSPS) is 29.1. The van der Waals surface area contributed by atoms with Gasteiger partial charge in [-0.1, -0.05) is 6.42 Å². The highest BCUT2D eigenvalue weighted by molar-refractivity contribution is 5.51. The van der Waals surface area contributed by atoms with Crippen LogP contribution in [0.25, 0.3) is 0 Å². The SMILES string of the molecule is COc1cc(CO)cc2c1O[C@]1(C)CCCCC1C2. The predicted octanol–water partition coefficient (Wildman–Crippen LogP) is 3.07. The third kappa shape index (κ3) is 2.10. The number of rotatable bonds is 2. The fourth-order valence-corrected chi connectivity index (χ4v) is 3.56. The van der Waals surface area contributed by atoms with E-state index in [1.807, 2.05) is 6.07 Å². The van der Waals surface area contributed by atoms with Crippen LogP contribution in [0.3, 0.4) is 0 Å². The first-order valence-electron chi connectivity index (χ1n) is 7.16. The highest BCUT2D eigenvalue weighted by Crippen LogP contribution is 2.48. The highest BCUT2D eigenvalue weighted by Gasteiger charge is 2.43. The van der Waals surface area contributed by atoms with Crippen LogP contribution in [0.4, 0.5) is 0 Å². The molecule has 19 heavy (non-hydrogen) atoms. The van der Waals surface area contributed by atoms with Crippen molar-refractivity contribution < 1.29 is 14.6 Å². The van der Waals surface area contributed by atoms with Crippen LogP contribution in [-0.2, 0) is 13.0 Å². The summed E-state index contributed by atoms with van der Waals surface area (Å²) in [5.41, 5.74) is 2.05. The fraction of sp³-hybridized carbons (Fsp3) is 0.625. The number of ether oxygens (including phenoxy) is 2. The maximum Gasteiger partial charge on any atom is 0.165 e. The molecule has 1 aliphatic heterocycles. The van der Waals surface area contributed by atoms with Gasteiger partial charge in [-0.2, -0.15) is 0 Å². The molecule has 1 heterocycles. The smallest absolute Gasteiger partial charge is 0.165 e. The van der Waals surface area contributed by atoms with Gasteiger partial charge in [0, 0.05) is 5.92 Å². The fourth-order valence-electron chi connectivity index (χ4n) is 3.56. The van der Waals surface area contributed by atoms with Crippen LogP contribution in [0, 0.1) is 5.92 Å². The van der Waals surface area contributed by atoms with Crippen molar-refractivity contribution in [3.05, 3.63) is 23.3 Å². The molecule has 1 aromatic carbocycles. The Morgan fingerprint density at radius 2 is 2.26 bits per heavy atom. The van der Waals surface area contributed by atoms with Crippen molar-refractivity contribution in [1.29, 1.82) is 0 Å². The Hall–Kier alpha value is -1.22. The molecular formula is C16H22O3. The van der Waals surface area contributed by atoms with Crippen molar-refractivity contribution in [2.45, 2.75) is 51.2 Å². The van der Waals surface area contributed by atoms with Gasteiger partial charge in [0.05, 0.1) is 13.7 Å². The van der Waals surface area contributed by atoms with Crippen LogP contribution in [0.2, 0.25) is 0 Å². The van der Waals surface area contributed by atoms with Gasteiger partial charge >= 0.3 is 0 Å². The summed E-state index contributed by atoms with van der Waals surface area (Å²) < 4.78 is 11.8. The molecule has 1 unspecified atom stereocenters. The molecule has 1 fully saturated rings. The van der Waals surface area contributed by atoms with Gasteiger partial charge in [-0.15, -0.1) is 0 Å². The van der Waals surface area contributed by atoms with E-state index >= 15 is 0 Å². The molecule has 1 saturated carbocycles. The van der Waals surface area contributed by atoms with Crippen LogP contribution >= 0.6 is 0 Å². The Labute approximate surface area is 114 Å². The maximum atomic E-state index is 9.35. The summed E-state index contributed by atoms with van der Waals surface area (Å²) in [5.74, 6) is 2.24. The minimum absolute atomic E-state index is 0.0424. The van der Waals surface area contributed by atoms with Crippen LogP contribution in [0.5, 0.6) is 11.5 Å². The van der Waals surface area contributed by atoms with Crippen molar-refractivity contribution in [3.8, 4) is 11.5 Å². The molecule has 0 bridgehead atoms. The molecular weight excluding hydrogens is 240 g/mol. The lowest BCUT2D eigenvalue weighted by molar-refractivity contribution is -0.0235. The molecule has 2 atom stereocenters. The molecule has 0 radical (unpaired) electrons. The Balaban J connectivity index is 2.03. The van der Waals surface area contributed by atoms with E-state index in [1.54, 1.807) is 7.11 Å². The number of hydrogen-bond donors (Lipinski definition) is 1. The zero-order chi connectivity index (χ0) is 13.5. The van der Waals surface area contributed by atoms with Crippen LogP contribution in [0.15, 0.2) is 12.1 Å². The largest absolute Gasteiger partial charge is 0.493 e. The Morgan fingerprint density at radius 3 is 3.00 bits per heavy atom. The summed E-state index contributed by atoms with van der Waals surface area (Å²) in [4.78, 5) is 0. The number of aliphatic hydroxyl groups is 1. The Kier molecular flexibility index (Phi) is 3.17. The molecule has 1 N–H and O–H groups in total. The lowest BCUT2D eigenvalue weighted by Gasteiger charge is -2.46. The van der Waals surface area contributed by atoms with Crippen LogP contribution in [-0.4, -0.2) is 17.8 Å². The monoisotopic (exact) mass is 262 g/mol. The molecule has 0 aromatic heterocycles. The first kappa shape index (κ1) is 12.8. The van der Waals surface area contributed by atoms with E-state index in [0.29, 0.717) is 5.92 Å². The molecule has 3 nitrogen and oxygen atoms in total. The number of aliphatic hydroxyl groups excluding tert-OH is 1. The summed E-state index contributed by atoms with van der Waals surface area (Å²) in [6, 6.07) is 3.94. The zero-order valence-electron chi connectivity index (χ0n) is 11.7. The van der Waals surface area contributed by atoms with E-state index < -0.39 is 0 Å². The van der Waals surface area contributed by atoms with Gasteiger partial charge in [-0.3, -0.25) is 0 Å². The highest BCUT2D eigenvalue weighted by atomic mass is 16.5. The standard InChI is InChI=1S/C16H22O3/c1-16-6-4-3-5-13(16)9-12-7-11(10-17)8-14(18-2)15(12)19-16/h7-8,13,17H,3-6,9-10H2,1-2H3/t13?,16-/m1/s1. The summed E-state index contributed by atoms with van der Waals surface area (Å²) in [6.07, 6.45) is 5.95. The third-order valence-electron chi connectivity index (χ3n) is 4.73. The Morgan fingerprint density at radius 1 is 1.42 bits per heavy atom. The number of hydrogen-bond acceptors (Lipinski definition) is 3. The molecule has 1 aromatic rings. The average molecular weight is 262 g/mol. The van der Waals surface area contributed by atoms with Crippen molar-refractivity contribution in [3.63, 3.8) is 0 Å². The second-order valence-corrected chi connectivity index (χ2v) is 6.01. The van der Waals surface area contributed by atoms with Gasteiger partial charge in [-0.25, -0.2) is 0 Å². The molecule has 0 amide bonds. The molecule has 3 heteroatoms. The molecule has 0 spiro atoms. The van der Waals surface area contributed by atoms with Gasteiger partial charge in [0.2, 0.25) is 0 Å².